The van der Waals surface area contributed by atoms with Gasteiger partial charge in [0.25, 0.3) is 0 Å². The molecule has 2 rings (SSSR count). The van der Waals surface area contributed by atoms with Crippen molar-refractivity contribution in [2.75, 3.05) is 0 Å². The van der Waals surface area contributed by atoms with Crippen LogP contribution in [-0.2, 0) is 0 Å². The van der Waals surface area contributed by atoms with Crippen LogP contribution in [0.1, 0.15) is 58.3 Å². The van der Waals surface area contributed by atoms with E-state index < -0.39 is 11.7 Å². The van der Waals surface area contributed by atoms with Gasteiger partial charge >= 0.3 is 0 Å². The van der Waals surface area contributed by atoms with Crippen molar-refractivity contribution in [1.82, 2.24) is 0 Å². The summed E-state index contributed by atoms with van der Waals surface area (Å²) in [6.45, 7) is 2.20. The molecule has 2 saturated carbocycles. The number of hydrogen-bond acceptors (Lipinski definition) is 1. The van der Waals surface area contributed by atoms with Crippen LogP contribution < -0.4 is 0 Å². The Morgan fingerprint density at radius 1 is 0.778 bits per heavy atom. The molecule has 0 atom stereocenters. The smallest absolute Gasteiger partial charge is 0.135 e. The standard InChI is InChI=1S/C15H24F2S/c1-10-2-4-11(5-3-10)14(16)15(17)12-6-8-13(18)9-7-12/h10-13,18H,2-9H2,1H3/b15-14+. The SMILES string of the molecule is CC1CCC(/C(F)=C(\F)C2CCC(S)CC2)CC1. The molecule has 2 aliphatic rings. The van der Waals surface area contributed by atoms with Crippen molar-refractivity contribution in [2.24, 2.45) is 17.8 Å². The molecule has 18 heavy (non-hydrogen) atoms. The van der Waals surface area contributed by atoms with Crippen LogP contribution in [0.5, 0.6) is 0 Å². The summed E-state index contributed by atoms with van der Waals surface area (Å²) in [5, 5.41) is 0.382. The number of thiol groups is 1. The molecule has 2 aliphatic carbocycles. The predicted molar refractivity (Wildman–Crippen MR) is 75.1 cm³/mol. The third-order valence-electron chi connectivity index (χ3n) is 4.66. The normalized spacial score (nSPS) is 39.3. The zero-order chi connectivity index (χ0) is 13.1. The summed E-state index contributed by atoms with van der Waals surface area (Å²) < 4.78 is 28.3. The maximum Gasteiger partial charge on any atom is 0.135 e. The molecule has 0 aromatic heterocycles. The highest BCUT2D eigenvalue weighted by atomic mass is 32.1. The zero-order valence-corrected chi connectivity index (χ0v) is 12.1. The largest absolute Gasteiger partial charge is 0.209 e. The molecule has 0 N–H and O–H groups in total. The highest BCUT2D eigenvalue weighted by molar-refractivity contribution is 7.80. The van der Waals surface area contributed by atoms with Crippen molar-refractivity contribution in [3.8, 4) is 0 Å². The van der Waals surface area contributed by atoms with E-state index in [1.165, 1.54) is 0 Å². The van der Waals surface area contributed by atoms with Gasteiger partial charge in [-0.1, -0.05) is 19.8 Å². The van der Waals surface area contributed by atoms with Crippen molar-refractivity contribution in [3.63, 3.8) is 0 Å². The second-order valence-corrected chi connectivity index (χ2v) is 6.89. The van der Waals surface area contributed by atoms with Crippen molar-refractivity contribution in [1.29, 1.82) is 0 Å². The Balaban J connectivity index is 1.96. The fraction of sp³-hybridized carbons (Fsp3) is 0.867. The summed E-state index contributed by atoms with van der Waals surface area (Å²) in [4.78, 5) is 0. The molecular formula is C15H24F2S. The van der Waals surface area contributed by atoms with Crippen LogP contribution in [0.2, 0.25) is 0 Å². The fourth-order valence-electron chi connectivity index (χ4n) is 3.23. The Labute approximate surface area is 115 Å². The summed E-state index contributed by atoms with van der Waals surface area (Å²) in [5.41, 5.74) is 0. The molecular weight excluding hydrogens is 250 g/mol. The number of allylic oxidation sites excluding steroid dienone is 2. The quantitative estimate of drug-likeness (QED) is 0.636. The summed E-state index contributed by atoms with van der Waals surface area (Å²) >= 11 is 4.40. The molecule has 0 spiro atoms. The van der Waals surface area contributed by atoms with E-state index in [0.29, 0.717) is 11.2 Å². The maximum absolute atomic E-state index is 14.2. The average Bonchev–Trinajstić information content (AvgIpc) is 2.39. The van der Waals surface area contributed by atoms with Crippen LogP contribution in [0.3, 0.4) is 0 Å². The first-order valence-electron chi connectivity index (χ1n) is 7.31. The first-order valence-corrected chi connectivity index (χ1v) is 7.82. The van der Waals surface area contributed by atoms with Gasteiger partial charge in [-0.05, 0) is 44.4 Å². The van der Waals surface area contributed by atoms with Crippen LogP contribution in [0, 0.1) is 17.8 Å². The number of rotatable bonds is 2. The van der Waals surface area contributed by atoms with Crippen LogP contribution in [0.25, 0.3) is 0 Å². The Morgan fingerprint density at radius 2 is 1.17 bits per heavy atom. The first-order chi connectivity index (χ1) is 8.58. The van der Waals surface area contributed by atoms with Gasteiger partial charge in [-0.25, -0.2) is 8.78 Å². The van der Waals surface area contributed by atoms with E-state index in [0.717, 1.165) is 51.4 Å². The molecule has 0 radical (unpaired) electrons. The first kappa shape index (κ1) is 14.4. The summed E-state index contributed by atoms with van der Waals surface area (Å²) in [6, 6.07) is 0. The van der Waals surface area contributed by atoms with Gasteiger partial charge in [-0.15, -0.1) is 0 Å². The van der Waals surface area contributed by atoms with E-state index in [9.17, 15) is 8.78 Å². The Bertz CT molecular complexity index is 268. The van der Waals surface area contributed by atoms with Gasteiger partial charge in [0.1, 0.15) is 11.7 Å². The zero-order valence-electron chi connectivity index (χ0n) is 11.2. The molecule has 0 amide bonds. The lowest BCUT2D eigenvalue weighted by Gasteiger charge is -2.28. The molecule has 104 valence electrons. The van der Waals surface area contributed by atoms with E-state index in [1.54, 1.807) is 0 Å². The molecule has 0 bridgehead atoms. The minimum Gasteiger partial charge on any atom is -0.209 e. The second kappa shape index (κ2) is 6.40. The lowest BCUT2D eigenvalue weighted by Crippen LogP contribution is -2.18. The molecule has 2 fully saturated rings. The lowest BCUT2D eigenvalue weighted by atomic mass is 9.80. The molecule has 0 nitrogen and oxygen atoms in total. The lowest BCUT2D eigenvalue weighted by molar-refractivity contribution is 0.262. The van der Waals surface area contributed by atoms with Gasteiger partial charge in [-0.2, -0.15) is 12.6 Å². The Hall–Kier alpha value is -0.0500. The van der Waals surface area contributed by atoms with Gasteiger partial charge in [0, 0.05) is 17.1 Å². The predicted octanol–water partition coefficient (Wildman–Crippen LogP) is 5.45. The summed E-state index contributed by atoms with van der Waals surface area (Å²) in [7, 11) is 0. The van der Waals surface area contributed by atoms with Crippen LogP contribution in [-0.4, -0.2) is 5.25 Å². The van der Waals surface area contributed by atoms with Crippen molar-refractivity contribution >= 4 is 12.6 Å². The molecule has 3 heteroatoms. The van der Waals surface area contributed by atoms with Gasteiger partial charge < -0.3 is 0 Å². The number of halogens is 2. The molecule has 0 saturated heterocycles. The Kier molecular flexibility index (Phi) is 5.11. The van der Waals surface area contributed by atoms with Gasteiger partial charge in [0.05, 0.1) is 0 Å². The monoisotopic (exact) mass is 274 g/mol. The van der Waals surface area contributed by atoms with Gasteiger partial charge in [-0.3, -0.25) is 0 Å². The van der Waals surface area contributed by atoms with E-state index in [4.69, 9.17) is 0 Å². The average molecular weight is 274 g/mol. The van der Waals surface area contributed by atoms with Crippen molar-refractivity contribution in [2.45, 2.75) is 63.5 Å². The van der Waals surface area contributed by atoms with E-state index in [-0.39, 0.29) is 11.8 Å². The van der Waals surface area contributed by atoms with Crippen molar-refractivity contribution < 1.29 is 8.78 Å². The summed E-state index contributed by atoms with van der Waals surface area (Å²) in [5.74, 6) is -0.501. The van der Waals surface area contributed by atoms with Gasteiger partial charge in [0.2, 0.25) is 0 Å². The third kappa shape index (κ3) is 3.49. The molecule has 0 heterocycles. The highest BCUT2D eigenvalue weighted by Crippen LogP contribution is 2.40. The van der Waals surface area contributed by atoms with E-state index in [2.05, 4.69) is 19.6 Å². The minimum atomic E-state index is -0.435. The fourth-order valence-corrected chi connectivity index (χ4v) is 3.53. The Morgan fingerprint density at radius 3 is 1.61 bits per heavy atom. The van der Waals surface area contributed by atoms with E-state index >= 15 is 0 Å². The molecule has 0 unspecified atom stereocenters. The minimum absolute atomic E-state index is 0.144. The van der Waals surface area contributed by atoms with Crippen LogP contribution in [0.15, 0.2) is 11.7 Å². The summed E-state index contributed by atoms with van der Waals surface area (Å²) in [6.07, 6.45) is 7.06. The second-order valence-electron chi connectivity index (χ2n) is 6.16. The topological polar surface area (TPSA) is 0 Å². The number of hydrogen-bond donors (Lipinski definition) is 1. The van der Waals surface area contributed by atoms with Gasteiger partial charge in [0.15, 0.2) is 0 Å². The molecule has 0 aromatic carbocycles. The molecule has 0 aliphatic heterocycles. The third-order valence-corrected chi connectivity index (χ3v) is 5.17. The maximum atomic E-state index is 14.2. The van der Waals surface area contributed by atoms with E-state index in [1.807, 2.05) is 0 Å². The highest BCUT2D eigenvalue weighted by Gasteiger charge is 2.29. The van der Waals surface area contributed by atoms with Crippen molar-refractivity contribution in [3.05, 3.63) is 11.7 Å². The van der Waals surface area contributed by atoms with Crippen LogP contribution >= 0.6 is 12.6 Å². The molecule has 0 aromatic rings. The van der Waals surface area contributed by atoms with Crippen LogP contribution in [0.4, 0.5) is 8.78 Å².